The zero-order valence-electron chi connectivity index (χ0n) is 47.0. The Kier molecular flexibility index (Phi) is 20.1. The van der Waals surface area contributed by atoms with Crippen molar-refractivity contribution in [3.63, 3.8) is 0 Å². The Hall–Kier alpha value is -3.22. The molecule has 4 fully saturated rings. The summed E-state index contributed by atoms with van der Waals surface area (Å²) in [4.78, 5) is 23.3. The Morgan fingerprint density at radius 1 is 0.865 bits per heavy atom. The summed E-state index contributed by atoms with van der Waals surface area (Å²) in [6.45, 7) is 31.0. The smallest absolute Gasteiger partial charge is 0.384 e. The molecule has 0 saturated carbocycles. The number of esters is 1. The van der Waals surface area contributed by atoms with E-state index in [-0.39, 0.29) is 73.7 Å². The normalized spacial score (nSPS) is 34.3. The first-order valence-corrected chi connectivity index (χ1v) is 32.7. The summed E-state index contributed by atoms with van der Waals surface area (Å²) >= 11 is 0. The number of ether oxygens (including phenoxy) is 6. The van der Waals surface area contributed by atoms with Gasteiger partial charge in [-0.25, -0.2) is 14.8 Å². The molecule has 0 amide bonds. The van der Waals surface area contributed by atoms with Crippen LogP contribution in [0.4, 0.5) is 0 Å². The molecule has 2 aromatic rings. The van der Waals surface area contributed by atoms with Crippen LogP contribution < -0.4 is 0 Å². The Labute approximate surface area is 444 Å². The van der Waals surface area contributed by atoms with E-state index in [0.717, 1.165) is 41.4 Å². The molecule has 16 heteroatoms. The Balaban J connectivity index is 1.20. The van der Waals surface area contributed by atoms with Crippen molar-refractivity contribution < 1.29 is 56.0 Å². The van der Waals surface area contributed by atoms with Gasteiger partial charge in [-0.3, -0.25) is 0 Å². The first-order chi connectivity index (χ1) is 35.2. The standard InChI is InChI=1S/C58H90N2O12Si2/c1-15-73(16-2,17-3)72-58-31-48(63-14)29-49(70-58)34-66-55(61)23-18-20-44-24-39(10)25-45(67-44)27-46-28-47(71-74(36(4)5,37(6)7)38(8)9)30-52(68-46)50-35-65-53(60-50)22-19-21-51-41(12)56(62)42(13)57(69-51)40(11)26-43-33-64-54(32-58)59-43/h19,22,26,33,35-38,41-42,44-49,51-52,56-57,62H,10,15-17,20-21,24-25,27-32,34H2,1-9,11-14H3/b22-19-,40-26-/t41-,42+,44-,45+,46+,47-,48+,49+,51+,52+,56-,57-,58+/m0/s1. The Morgan fingerprint density at radius 3 is 2.26 bits per heavy atom. The van der Waals surface area contributed by atoms with Crippen LogP contribution in [0.25, 0.3) is 12.2 Å². The molecule has 74 heavy (non-hydrogen) atoms. The lowest BCUT2D eigenvalue weighted by molar-refractivity contribution is -0.271. The number of aliphatic hydroxyl groups excluding tert-OH is 1. The molecular weight excluding hydrogens is 973 g/mol. The molecule has 412 valence electrons. The number of methoxy groups -OCH3 is 1. The molecule has 2 aromatic heterocycles. The fraction of sp³-hybridized carbons (Fsp3) is 0.741. The van der Waals surface area contributed by atoms with Crippen LogP contribution >= 0.6 is 0 Å². The minimum Gasteiger partial charge on any atom is -0.453 e. The van der Waals surface area contributed by atoms with E-state index in [9.17, 15) is 9.90 Å². The highest BCUT2D eigenvalue weighted by atomic mass is 28.4. The number of aliphatic hydroxyl groups is 1. The molecule has 14 nitrogen and oxygen atoms in total. The van der Waals surface area contributed by atoms with Crippen molar-refractivity contribution in [2.45, 2.75) is 249 Å². The average Bonchev–Trinajstić information content (AvgIpc) is 4.02. The van der Waals surface area contributed by atoms with Crippen LogP contribution in [0.3, 0.4) is 0 Å². The van der Waals surface area contributed by atoms with Gasteiger partial charge >= 0.3 is 5.97 Å². The summed E-state index contributed by atoms with van der Waals surface area (Å²) in [5.41, 5.74) is 4.65. The maximum atomic E-state index is 13.3. The zero-order valence-corrected chi connectivity index (χ0v) is 49.0. The van der Waals surface area contributed by atoms with Crippen LogP contribution in [0.15, 0.2) is 45.2 Å². The lowest BCUT2D eigenvalue weighted by Crippen LogP contribution is -2.57. The fourth-order valence-corrected chi connectivity index (χ4v) is 21.6. The third-order valence-electron chi connectivity index (χ3n) is 17.2. The lowest BCUT2D eigenvalue weighted by Gasteiger charge is -2.48. The van der Waals surface area contributed by atoms with Crippen LogP contribution in [0, 0.1) is 23.7 Å². The van der Waals surface area contributed by atoms with Gasteiger partial charge in [0.1, 0.15) is 36.6 Å². The lowest BCUT2D eigenvalue weighted by atomic mass is 9.79. The second-order valence-electron chi connectivity index (χ2n) is 23.2. The highest BCUT2D eigenvalue weighted by molar-refractivity contribution is 6.77. The van der Waals surface area contributed by atoms with Gasteiger partial charge in [0, 0.05) is 57.0 Å². The number of oxazole rings is 2. The van der Waals surface area contributed by atoms with Crippen molar-refractivity contribution in [2.24, 2.45) is 11.8 Å². The zero-order chi connectivity index (χ0) is 53.5. The van der Waals surface area contributed by atoms with Gasteiger partial charge in [0.15, 0.2) is 20.0 Å². The number of carbonyl (C=O) groups excluding carboxylic acids is 1. The van der Waals surface area contributed by atoms with Crippen molar-refractivity contribution in [2.75, 3.05) is 13.7 Å². The molecule has 4 saturated heterocycles. The first-order valence-electron chi connectivity index (χ1n) is 28.0. The number of aromatic nitrogens is 2. The summed E-state index contributed by atoms with van der Waals surface area (Å²) in [6.07, 6.45) is 11.9. The molecule has 5 aliphatic heterocycles. The van der Waals surface area contributed by atoms with E-state index in [2.05, 4.69) is 80.7 Å². The average molecular weight is 1060 g/mol. The molecule has 7 rings (SSSR count). The molecular formula is C58H90N2O12Si2. The minimum absolute atomic E-state index is 0.0202. The number of cyclic esters (lactones) is 1. The van der Waals surface area contributed by atoms with Crippen molar-refractivity contribution >= 4 is 34.8 Å². The van der Waals surface area contributed by atoms with Gasteiger partial charge < -0.3 is 51.2 Å². The number of rotatable bonds is 11. The van der Waals surface area contributed by atoms with Crippen molar-refractivity contribution in [3.8, 4) is 11.8 Å². The summed E-state index contributed by atoms with van der Waals surface area (Å²) in [5.74, 6) is 4.68. The third kappa shape index (κ3) is 13.9. The maximum Gasteiger partial charge on any atom is 0.384 e. The molecule has 5 aliphatic rings. The number of carbonyl (C=O) groups is 1. The van der Waals surface area contributed by atoms with E-state index in [1.807, 2.05) is 39.0 Å². The molecule has 0 aliphatic carbocycles. The van der Waals surface area contributed by atoms with Gasteiger partial charge in [0.2, 0.25) is 14.2 Å². The molecule has 0 radical (unpaired) electrons. The predicted octanol–water partition coefficient (Wildman–Crippen LogP) is 12.2. The first kappa shape index (κ1) is 58.5. The number of hydrogen-bond donors (Lipinski definition) is 1. The summed E-state index contributed by atoms with van der Waals surface area (Å²) < 4.78 is 66.4. The second-order valence-corrected chi connectivity index (χ2v) is 33.3. The van der Waals surface area contributed by atoms with Crippen molar-refractivity contribution in [1.82, 2.24) is 9.97 Å². The van der Waals surface area contributed by atoms with E-state index in [1.54, 1.807) is 19.6 Å². The van der Waals surface area contributed by atoms with Gasteiger partial charge in [0.05, 0.1) is 61.4 Å². The topological polar surface area (TPSA) is 163 Å². The summed E-state index contributed by atoms with van der Waals surface area (Å²) in [7, 11) is -2.85. The van der Waals surface area contributed by atoms with E-state index in [4.69, 9.17) is 56.1 Å². The summed E-state index contributed by atoms with van der Waals surface area (Å²) in [6, 6.07) is 2.70. The monoisotopic (exact) mass is 1060 g/mol. The molecule has 12 bridgehead atoms. The number of fused-ring (bicyclic) bond motifs is 13. The SMILES string of the molecule is C=C1C[C@@H]2C[C@@H]3C[C@H](O[Si](C(C)C)(C(C)C)C(C)C)C[C@@H](O3)c3coc(n3)/C=C\C[C@H]3O[C@@H](/C(C)=C\c4coc(n4)C[C@]4(O[Si](CC)(CC)CC)C[C@H](OC)C[C@H](COC(=O)C#CC[C@@H](C1)O2)O4)[C@H](C)[C@@H](O)[C@H]3C. The van der Waals surface area contributed by atoms with Gasteiger partial charge in [-0.2, -0.15) is 0 Å². The van der Waals surface area contributed by atoms with E-state index >= 15 is 0 Å². The molecule has 1 N–H and O–H groups in total. The van der Waals surface area contributed by atoms with E-state index in [1.165, 1.54) is 0 Å². The highest BCUT2D eigenvalue weighted by Gasteiger charge is 2.51. The van der Waals surface area contributed by atoms with Crippen LogP contribution in [0.5, 0.6) is 0 Å². The summed E-state index contributed by atoms with van der Waals surface area (Å²) in [5, 5.41) is 11.6. The van der Waals surface area contributed by atoms with Crippen molar-refractivity contribution in [1.29, 1.82) is 0 Å². The highest BCUT2D eigenvalue weighted by Crippen LogP contribution is 2.47. The van der Waals surface area contributed by atoms with Gasteiger partial charge in [-0.1, -0.05) is 100 Å². The number of nitrogens with zero attached hydrogens (tertiary/aromatic N) is 2. The Bertz CT molecular complexity index is 2260. The molecule has 0 unspecified atom stereocenters. The van der Waals surface area contributed by atoms with E-state index < -0.39 is 40.6 Å². The minimum atomic E-state index is -2.30. The molecule has 0 spiro atoms. The third-order valence-corrected chi connectivity index (χ3v) is 28.0. The van der Waals surface area contributed by atoms with E-state index in [0.29, 0.717) is 85.5 Å². The van der Waals surface area contributed by atoms with Gasteiger partial charge in [-0.05, 0) is 85.1 Å². The van der Waals surface area contributed by atoms with Crippen LogP contribution in [-0.4, -0.2) is 112 Å². The van der Waals surface area contributed by atoms with Crippen LogP contribution in [0.2, 0.25) is 34.8 Å². The quantitative estimate of drug-likeness (QED) is 0.0743. The fourth-order valence-electron chi connectivity index (χ4n) is 13.1. The molecule has 13 atom stereocenters. The van der Waals surface area contributed by atoms with Gasteiger partial charge in [0.25, 0.3) is 0 Å². The van der Waals surface area contributed by atoms with Crippen LogP contribution in [-0.2, 0) is 48.5 Å². The maximum absolute atomic E-state index is 13.3. The largest absolute Gasteiger partial charge is 0.453 e. The van der Waals surface area contributed by atoms with Crippen molar-refractivity contribution in [3.05, 3.63) is 59.5 Å². The van der Waals surface area contributed by atoms with Gasteiger partial charge in [-0.15, -0.1) is 0 Å². The molecule has 7 heterocycles. The number of hydrogen-bond acceptors (Lipinski definition) is 14. The second kappa shape index (κ2) is 25.5. The molecule has 0 aromatic carbocycles. The Morgan fingerprint density at radius 2 is 1.57 bits per heavy atom. The predicted molar refractivity (Wildman–Crippen MR) is 291 cm³/mol. The van der Waals surface area contributed by atoms with Crippen LogP contribution in [0.1, 0.15) is 170 Å².